The Hall–Kier alpha value is -1.42. The number of amides is 1. The minimum absolute atomic E-state index is 0.121. The van der Waals surface area contributed by atoms with Gasteiger partial charge in [0.2, 0.25) is 5.91 Å². The fourth-order valence-corrected chi connectivity index (χ4v) is 3.10. The molecule has 0 spiro atoms. The molecule has 2 atom stereocenters. The lowest BCUT2D eigenvalue weighted by atomic mass is 9.78. The number of carbonyl (C=O) groups excluding carboxylic acids is 1. The van der Waals surface area contributed by atoms with E-state index in [1.807, 2.05) is 24.0 Å². The summed E-state index contributed by atoms with van der Waals surface area (Å²) in [5, 5.41) is 0. The molecule has 0 aliphatic heterocycles. The van der Waals surface area contributed by atoms with Crippen LogP contribution in [0.25, 0.3) is 0 Å². The van der Waals surface area contributed by atoms with Crippen molar-refractivity contribution in [3.63, 3.8) is 0 Å². The van der Waals surface area contributed by atoms with E-state index in [0.29, 0.717) is 19.0 Å². The smallest absolute Gasteiger partial charge is 0.226 e. The van der Waals surface area contributed by atoms with E-state index in [-0.39, 0.29) is 11.8 Å². The van der Waals surface area contributed by atoms with Crippen molar-refractivity contribution in [3.05, 3.63) is 30.1 Å². The van der Waals surface area contributed by atoms with Gasteiger partial charge < -0.3 is 10.6 Å². The molecule has 110 valence electrons. The summed E-state index contributed by atoms with van der Waals surface area (Å²) < 4.78 is 0. The second-order valence-electron chi connectivity index (χ2n) is 5.59. The van der Waals surface area contributed by atoms with Crippen molar-refractivity contribution in [2.24, 2.45) is 17.6 Å². The zero-order valence-electron chi connectivity index (χ0n) is 12.3. The molecule has 0 bridgehead atoms. The molecule has 1 aliphatic rings. The van der Waals surface area contributed by atoms with Crippen molar-refractivity contribution >= 4 is 5.91 Å². The third kappa shape index (κ3) is 3.57. The average molecular weight is 275 g/mol. The maximum absolute atomic E-state index is 12.8. The highest BCUT2D eigenvalue weighted by molar-refractivity contribution is 5.79. The summed E-state index contributed by atoms with van der Waals surface area (Å²) in [5.74, 6) is 0.762. The van der Waals surface area contributed by atoms with Crippen LogP contribution in [0.2, 0.25) is 0 Å². The Bertz CT molecular complexity index is 421. The maximum Gasteiger partial charge on any atom is 0.226 e. The van der Waals surface area contributed by atoms with Crippen LogP contribution in [0.3, 0.4) is 0 Å². The van der Waals surface area contributed by atoms with Crippen molar-refractivity contribution in [3.8, 4) is 0 Å². The van der Waals surface area contributed by atoms with Crippen LogP contribution in [0, 0.1) is 11.8 Å². The molecule has 4 nitrogen and oxygen atoms in total. The quantitative estimate of drug-likeness (QED) is 0.896. The van der Waals surface area contributed by atoms with Crippen LogP contribution in [0.1, 0.15) is 38.2 Å². The first-order valence-electron chi connectivity index (χ1n) is 7.64. The standard InChI is InChI=1S/C16H25N3O/c1-2-19(12-13-7-9-18-10-8-13)16(20)15-6-4-3-5-14(15)11-17/h7-10,14-15H,2-6,11-12,17H2,1H3. The number of carbonyl (C=O) groups is 1. The van der Waals surface area contributed by atoms with E-state index in [1.165, 1.54) is 6.42 Å². The van der Waals surface area contributed by atoms with Gasteiger partial charge in [0.25, 0.3) is 0 Å². The van der Waals surface area contributed by atoms with Crippen LogP contribution < -0.4 is 5.73 Å². The third-order valence-electron chi connectivity index (χ3n) is 4.35. The topological polar surface area (TPSA) is 59.2 Å². The van der Waals surface area contributed by atoms with Crippen LogP contribution in [-0.2, 0) is 11.3 Å². The molecule has 1 amide bonds. The summed E-state index contributed by atoms with van der Waals surface area (Å²) in [6.45, 7) is 4.09. The molecular weight excluding hydrogens is 250 g/mol. The number of hydrogen-bond acceptors (Lipinski definition) is 3. The largest absolute Gasteiger partial charge is 0.338 e. The molecule has 0 saturated heterocycles. The van der Waals surface area contributed by atoms with Gasteiger partial charge in [0.05, 0.1) is 0 Å². The van der Waals surface area contributed by atoms with E-state index in [4.69, 9.17) is 5.73 Å². The summed E-state index contributed by atoms with van der Waals surface area (Å²) in [6.07, 6.45) is 8.00. The molecule has 4 heteroatoms. The van der Waals surface area contributed by atoms with Gasteiger partial charge in [-0.05, 0) is 49.9 Å². The molecular formula is C16H25N3O. The van der Waals surface area contributed by atoms with Crippen molar-refractivity contribution in [1.29, 1.82) is 0 Å². The summed E-state index contributed by atoms with van der Waals surface area (Å²) in [7, 11) is 0. The zero-order valence-corrected chi connectivity index (χ0v) is 12.3. The Balaban J connectivity index is 2.04. The van der Waals surface area contributed by atoms with Gasteiger partial charge in [-0.25, -0.2) is 0 Å². The number of hydrogen-bond donors (Lipinski definition) is 1. The maximum atomic E-state index is 12.8. The van der Waals surface area contributed by atoms with Gasteiger partial charge in [-0.15, -0.1) is 0 Å². The number of pyridine rings is 1. The molecule has 20 heavy (non-hydrogen) atoms. The van der Waals surface area contributed by atoms with Gasteiger partial charge in [0.15, 0.2) is 0 Å². The molecule has 1 aliphatic carbocycles. The first-order chi connectivity index (χ1) is 9.76. The highest BCUT2D eigenvalue weighted by Gasteiger charge is 2.32. The van der Waals surface area contributed by atoms with E-state index in [1.54, 1.807) is 12.4 Å². The summed E-state index contributed by atoms with van der Waals surface area (Å²) in [6, 6.07) is 3.94. The Morgan fingerprint density at radius 2 is 2.05 bits per heavy atom. The van der Waals surface area contributed by atoms with Gasteiger partial charge in [0.1, 0.15) is 0 Å². The number of rotatable bonds is 5. The van der Waals surface area contributed by atoms with Crippen molar-refractivity contribution in [1.82, 2.24) is 9.88 Å². The molecule has 0 aromatic carbocycles. The molecule has 1 aromatic rings. The molecule has 0 radical (unpaired) electrons. The van der Waals surface area contributed by atoms with Crippen molar-refractivity contribution < 1.29 is 4.79 Å². The van der Waals surface area contributed by atoms with Crippen LogP contribution >= 0.6 is 0 Å². The van der Waals surface area contributed by atoms with Gasteiger partial charge in [0, 0.05) is 31.4 Å². The molecule has 2 unspecified atom stereocenters. The van der Waals surface area contributed by atoms with E-state index in [9.17, 15) is 4.79 Å². The summed E-state index contributed by atoms with van der Waals surface area (Å²) in [5.41, 5.74) is 6.98. The normalized spacial score (nSPS) is 22.5. The molecule has 1 heterocycles. The van der Waals surface area contributed by atoms with Gasteiger partial charge >= 0.3 is 0 Å². The average Bonchev–Trinajstić information content (AvgIpc) is 2.53. The Morgan fingerprint density at radius 1 is 1.35 bits per heavy atom. The fourth-order valence-electron chi connectivity index (χ4n) is 3.10. The molecule has 2 rings (SSSR count). The molecule has 1 fully saturated rings. The summed E-state index contributed by atoms with van der Waals surface area (Å²) >= 11 is 0. The lowest BCUT2D eigenvalue weighted by Crippen LogP contribution is -2.41. The van der Waals surface area contributed by atoms with E-state index >= 15 is 0 Å². The SMILES string of the molecule is CCN(Cc1ccncc1)C(=O)C1CCCCC1CN. The van der Waals surface area contributed by atoms with Crippen molar-refractivity contribution in [2.75, 3.05) is 13.1 Å². The first-order valence-corrected chi connectivity index (χ1v) is 7.64. The van der Waals surface area contributed by atoms with Crippen molar-refractivity contribution in [2.45, 2.75) is 39.2 Å². The monoisotopic (exact) mass is 275 g/mol. The van der Waals surface area contributed by atoms with E-state index < -0.39 is 0 Å². The number of aromatic nitrogens is 1. The summed E-state index contributed by atoms with van der Waals surface area (Å²) in [4.78, 5) is 18.7. The molecule has 1 aromatic heterocycles. The van der Waals surface area contributed by atoms with Gasteiger partial charge in [-0.1, -0.05) is 12.8 Å². The second-order valence-corrected chi connectivity index (χ2v) is 5.59. The lowest BCUT2D eigenvalue weighted by Gasteiger charge is -2.34. The first kappa shape index (κ1) is 15.0. The predicted molar refractivity (Wildman–Crippen MR) is 79.8 cm³/mol. The van der Waals surface area contributed by atoms with Crippen LogP contribution in [0.5, 0.6) is 0 Å². The zero-order chi connectivity index (χ0) is 14.4. The molecule has 2 N–H and O–H groups in total. The molecule has 1 saturated carbocycles. The Kier molecular flexibility index (Phi) is 5.53. The minimum Gasteiger partial charge on any atom is -0.338 e. The van der Waals surface area contributed by atoms with Gasteiger partial charge in [-0.3, -0.25) is 9.78 Å². The van der Waals surface area contributed by atoms with E-state index in [0.717, 1.165) is 31.4 Å². The number of nitrogens with two attached hydrogens (primary N) is 1. The third-order valence-corrected chi connectivity index (χ3v) is 4.35. The Labute approximate surface area is 121 Å². The fraction of sp³-hybridized carbons (Fsp3) is 0.625. The lowest BCUT2D eigenvalue weighted by molar-refractivity contribution is -0.138. The second kappa shape index (κ2) is 7.39. The van der Waals surface area contributed by atoms with Crippen LogP contribution in [0.15, 0.2) is 24.5 Å². The number of nitrogens with zero attached hydrogens (tertiary/aromatic N) is 2. The predicted octanol–water partition coefficient (Wildman–Crippen LogP) is 2.20. The van der Waals surface area contributed by atoms with Crippen LogP contribution in [-0.4, -0.2) is 28.9 Å². The minimum atomic E-state index is 0.121. The van der Waals surface area contributed by atoms with Crippen LogP contribution in [0.4, 0.5) is 0 Å². The van der Waals surface area contributed by atoms with E-state index in [2.05, 4.69) is 4.98 Å². The Morgan fingerprint density at radius 3 is 2.70 bits per heavy atom. The van der Waals surface area contributed by atoms with Gasteiger partial charge in [-0.2, -0.15) is 0 Å². The highest BCUT2D eigenvalue weighted by atomic mass is 16.2. The highest BCUT2D eigenvalue weighted by Crippen LogP contribution is 2.31.